The molecule has 2 rings (SSSR count). The summed E-state index contributed by atoms with van der Waals surface area (Å²) in [6, 6.07) is 0. The molecular weight excluding hydrogens is 248 g/mol. The highest BCUT2D eigenvalue weighted by Crippen LogP contribution is 2.47. The van der Waals surface area contributed by atoms with E-state index in [2.05, 4.69) is 32.6 Å². The fourth-order valence-corrected chi connectivity index (χ4v) is 3.39. The second kappa shape index (κ2) is 5.32. The van der Waals surface area contributed by atoms with Gasteiger partial charge in [0, 0.05) is 26.6 Å². The van der Waals surface area contributed by atoms with Crippen LogP contribution in [0.4, 0.5) is 0 Å². The van der Waals surface area contributed by atoms with Crippen LogP contribution in [0.5, 0.6) is 0 Å². The van der Waals surface area contributed by atoms with Crippen LogP contribution < -0.4 is 0 Å². The molecule has 1 aliphatic heterocycles. The number of hydrogen-bond acceptors (Lipinski definition) is 2. The van der Waals surface area contributed by atoms with Crippen LogP contribution >= 0.6 is 0 Å². The van der Waals surface area contributed by atoms with Gasteiger partial charge in [0.1, 0.15) is 0 Å². The van der Waals surface area contributed by atoms with E-state index in [0.717, 1.165) is 13.0 Å². The van der Waals surface area contributed by atoms with Crippen molar-refractivity contribution in [3.05, 3.63) is 0 Å². The lowest BCUT2D eigenvalue weighted by atomic mass is 9.63. The van der Waals surface area contributed by atoms with Crippen molar-refractivity contribution >= 4 is 5.91 Å². The molecule has 0 spiro atoms. The summed E-state index contributed by atoms with van der Waals surface area (Å²) in [7, 11) is 3.74. The van der Waals surface area contributed by atoms with Crippen molar-refractivity contribution in [1.82, 2.24) is 9.80 Å². The van der Waals surface area contributed by atoms with Crippen LogP contribution in [0.2, 0.25) is 0 Å². The Morgan fingerprint density at radius 2 is 1.80 bits per heavy atom. The Kier molecular flexibility index (Phi) is 4.21. The molecular formula is C17H32N2O. The van der Waals surface area contributed by atoms with Crippen LogP contribution in [0.25, 0.3) is 0 Å². The molecule has 2 atom stereocenters. The van der Waals surface area contributed by atoms with Crippen LogP contribution in [0, 0.1) is 22.7 Å². The minimum Gasteiger partial charge on any atom is -0.349 e. The number of carbonyl (C=O) groups is 1. The predicted molar refractivity (Wildman–Crippen MR) is 83.5 cm³/mol. The van der Waals surface area contributed by atoms with Crippen LogP contribution in [-0.2, 0) is 4.79 Å². The molecule has 0 aromatic rings. The lowest BCUT2D eigenvalue weighted by molar-refractivity contribution is -0.130. The van der Waals surface area contributed by atoms with Gasteiger partial charge in [0.25, 0.3) is 0 Å². The van der Waals surface area contributed by atoms with Crippen molar-refractivity contribution in [1.29, 1.82) is 0 Å². The molecule has 1 amide bonds. The number of piperidine rings is 1. The fourth-order valence-electron chi connectivity index (χ4n) is 3.39. The Hall–Kier alpha value is -0.570. The van der Waals surface area contributed by atoms with Gasteiger partial charge in [-0.2, -0.15) is 0 Å². The monoisotopic (exact) mass is 280 g/mol. The van der Waals surface area contributed by atoms with Crippen LogP contribution in [-0.4, -0.2) is 49.4 Å². The molecule has 2 unspecified atom stereocenters. The molecule has 2 aliphatic rings. The topological polar surface area (TPSA) is 23.6 Å². The number of likely N-dealkylation sites (tertiary alicyclic amines) is 1. The van der Waals surface area contributed by atoms with Gasteiger partial charge < -0.3 is 9.80 Å². The zero-order valence-electron chi connectivity index (χ0n) is 14.2. The Labute approximate surface area is 124 Å². The summed E-state index contributed by atoms with van der Waals surface area (Å²) in [6.07, 6.45) is 3.68. The molecule has 1 heterocycles. The van der Waals surface area contributed by atoms with Gasteiger partial charge in [-0.15, -0.1) is 0 Å². The van der Waals surface area contributed by atoms with Crippen molar-refractivity contribution < 1.29 is 4.79 Å². The number of hydrogen-bond donors (Lipinski definition) is 0. The number of amides is 1. The van der Waals surface area contributed by atoms with Gasteiger partial charge in [-0.05, 0) is 49.1 Å². The van der Waals surface area contributed by atoms with Crippen molar-refractivity contribution in [2.45, 2.75) is 47.0 Å². The standard InChI is InChI=1S/C17H32N2O/c1-16(2,3)17(4)7-9-19(10-8-17)12-13-11-14(13)15(20)18(5)6/h13-14H,7-12H2,1-6H3. The molecule has 0 N–H and O–H groups in total. The maximum atomic E-state index is 11.9. The molecule has 3 nitrogen and oxygen atoms in total. The Balaban J connectivity index is 1.78. The van der Waals surface area contributed by atoms with E-state index in [1.165, 1.54) is 25.9 Å². The first-order valence-electron chi connectivity index (χ1n) is 8.07. The Morgan fingerprint density at radius 3 is 2.25 bits per heavy atom. The third-order valence-electron chi connectivity index (χ3n) is 5.94. The number of rotatable bonds is 3. The van der Waals surface area contributed by atoms with E-state index in [1.54, 1.807) is 4.90 Å². The van der Waals surface area contributed by atoms with Gasteiger partial charge in [-0.1, -0.05) is 27.7 Å². The molecule has 116 valence electrons. The van der Waals surface area contributed by atoms with Gasteiger partial charge >= 0.3 is 0 Å². The molecule has 1 saturated heterocycles. The predicted octanol–water partition coefficient (Wildman–Crippen LogP) is 2.86. The van der Waals surface area contributed by atoms with Crippen LogP contribution in [0.1, 0.15) is 47.0 Å². The molecule has 0 bridgehead atoms. The Bertz CT molecular complexity index is 362. The van der Waals surface area contributed by atoms with Gasteiger partial charge in [-0.25, -0.2) is 0 Å². The molecule has 20 heavy (non-hydrogen) atoms. The van der Waals surface area contributed by atoms with E-state index < -0.39 is 0 Å². The van der Waals surface area contributed by atoms with Crippen molar-refractivity contribution in [3.63, 3.8) is 0 Å². The summed E-state index contributed by atoms with van der Waals surface area (Å²) in [4.78, 5) is 16.2. The molecule has 3 heteroatoms. The number of nitrogens with zero attached hydrogens (tertiary/aromatic N) is 2. The molecule has 0 radical (unpaired) electrons. The molecule has 2 fully saturated rings. The lowest BCUT2D eigenvalue weighted by Crippen LogP contribution is -2.45. The first-order valence-corrected chi connectivity index (χ1v) is 8.07. The first-order chi connectivity index (χ1) is 9.14. The maximum Gasteiger partial charge on any atom is 0.225 e. The highest BCUT2D eigenvalue weighted by Gasteiger charge is 2.46. The first kappa shape index (κ1) is 15.8. The lowest BCUT2D eigenvalue weighted by Gasteiger charge is -2.48. The van der Waals surface area contributed by atoms with Gasteiger partial charge in [0.2, 0.25) is 5.91 Å². The summed E-state index contributed by atoms with van der Waals surface area (Å²) < 4.78 is 0. The van der Waals surface area contributed by atoms with E-state index in [4.69, 9.17) is 0 Å². The smallest absolute Gasteiger partial charge is 0.225 e. The number of carbonyl (C=O) groups excluding carboxylic acids is 1. The zero-order chi connectivity index (χ0) is 15.1. The quantitative estimate of drug-likeness (QED) is 0.793. The molecule has 1 saturated carbocycles. The highest BCUT2D eigenvalue weighted by molar-refractivity contribution is 5.81. The summed E-state index contributed by atoms with van der Waals surface area (Å²) in [5.74, 6) is 1.25. The summed E-state index contributed by atoms with van der Waals surface area (Å²) >= 11 is 0. The Morgan fingerprint density at radius 1 is 1.25 bits per heavy atom. The van der Waals surface area contributed by atoms with E-state index in [1.807, 2.05) is 14.1 Å². The third-order valence-corrected chi connectivity index (χ3v) is 5.94. The van der Waals surface area contributed by atoms with E-state index in [0.29, 0.717) is 28.6 Å². The van der Waals surface area contributed by atoms with Crippen LogP contribution in [0.3, 0.4) is 0 Å². The largest absolute Gasteiger partial charge is 0.349 e. The minimum atomic E-state index is 0.306. The van der Waals surface area contributed by atoms with E-state index >= 15 is 0 Å². The normalized spacial score (nSPS) is 30.1. The molecule has 1 aliphatic carbocycles. The van der Waals surface area contributed by atoms with E-state index in [9.17, 15) is 4.79 Å². The highest BCUT2D eigenvalue weighted by atomic mass is 16.2. The SMILES string of the molecule is CN(C)C(=O)C1CC1CN1CCC(C)(C(C)(C)C)CC1. The van der Waals surface area contributed by atoms with Gasteiger partial charge in [-0.3, -0.25) is 4.79 Å². The van der Waals surface area contributed by atoms with Crippen molar-refractivity contribution in [2.24, 2.45) is 22.7 Å². The average molecular weight is 280 g/mol. The average Bonchev–Trinajstić information content (AvgIpc) is 3.09. The maximum absolute atomic E-state index is 11.9. The van der Waals surface area contributed by atoms with E-state index in [-0.39, 0.29) is 0 Å². The minimum absolute atomic E-state index is 0.306. The van der Waals surface area contributed by atoms with Crippen LogP contribution in [0.15, 0.2) is 0 Å². The second-order valence-electron chi connectivity index (χ2n) is 8.45. The summed E-state index contributed by atoms with van der Waals surface area (Å²) in [5, 5.41) is 0. The summed E-state index contributed by atoms with van der Waals surface area (Å²) in [5.41, 5.74) is 0.855. The summed E-state index contributed by atoms with van der Waals surface area (Å²) in [6.45, 7) is 13.1. The van der Waals surface area contributed by atoms with Gasteiger partial charge in [0.15, 0.2) is 0 Å². The van der Waals surface area contributed by atoms with Crippen molar-refractivity contribution in [2.75, 3.05) is 33.7 Å². The molecule has 0 aromatic carbocycles. The van der Waals surface area contributed by atoms with Crippen molar-refractivity contribution in [3.8, 4) is 0 Å². The van der Waals surface area contributed by atoms with Gasteiger partial charge in [0.05, 0.1) is 0 Å². The zero-order valence-corrected chi connectivity index (χ0v) is 14.2. The fraction of sp³-hybridized carbons (Fsp3) is 0.941. The molecule has 0 aromatic heterocycles. The second-order valence-corrected chi connectivity index (χ2v) is 8.45. The third kappa shape index (κ3) is 3.19.